The standard InChI is InChI=1S/C17H28N2O3.2ClH/c1-17(2,3)16(19-8-6-18-7-9-19)15-13(20)10-12(21-4)11-14(15)22-5;;/h10-11,16,18,20H,6-9H2,1-5H3;2*1H/t16-;;/m0../s1. The van der Waals surface area contributed by atoms with Crippen LogP contribution in [0.15, 0.2) is 12.1 Å². The van der Waals surface area contributed by atoms with Crippen LogP contribution in [0.2, 0.25) is 0 Å². The average molecular weight is 381 g/mol. The molecule has 7 heteroatoms. The molecule has 0 spiro atoms. The number of piperazine rings is 1. The number of phenolic OH excluding ortho intramolecular Hbond substituents is 1. The second kappa shape index (κ2) is 9.56. The maximum Gasteiger partial charge on any atom is 0.131 e. The van der Waals surface area contributed by atoms with E-state index in [1.165, 1.54) is 0 Å². The molecule has 5 nitrogen and oxygen atoms in total. The lowest BCUT2D eigenvalue weighted by Crippen LogP contribution is -2.48. The number of hydrogen-bond acceptors (Lipinski definition) is 5. The smallest absolute Gasteiger partial charge is 0.131 e. The Balaban J connectivity index is 0.00000264. The Labute approximate surface area is 157 Å². The second-order valence-electron chi connectivity index (χ2n) is 6.82. The molecule has 140 valence electrons. The lowest BCUT2D eigenvalue weighted by Gasteiger charge is -2.43. The number of nitrogens with zero attached hydrogens (tertiary/aromatic N) is 1. The summed E-state index contributed by atoms with van der Waals surface area (Å²) >= 11 is 0. The van der Waals surface area contributed by atoms with Gasteiger partial charge >= 0.3 is 0 Å². The van der Waals surface area contributed by atoms with Crippen LogP contribution in [0.3, 0.4) is 0 Å². The van der Waals surface area contributed by atoms with Gasteiger partial charge in [-0.1, -0.05) is 20.8 Å². The fourth-order valence-electron chi connectivity index (χ4n) is 3.25. The van der Waals surface area contributed by atoms with Crippen LogP contribution in [0, 0.1) is 5.41 Å². The van der Waals surface area contributed by atoms with Gasteiger partial charge in [-0.15, -0.1) is 24.8 Å². The fourth-order valence-corrected chi connectivity index (χ4v) is 3.25. The van der Waals surface area contributed by atoms with E-state index in [4.69, 9.17) is 9.47 Å². The van der Waals surface area contributed by atoms with Crippen molar-refractivity contribution >= 4 is 24.8 Å². The van der Waals surface area contributed by atoms with Crippen LogP contribution in [0.4, 0.5) is 0 Å². The van der Waals surface area contributed by atoms with Crippen LogP contribution in [0.25, 0.3) is 0 Å². The van der Waals surface area contributed by atoms with E-state index in [1.807, 2.05) is 6.07 Å². The first-order valence-electron chi connectivity index (χ1n) is 7.78. The molecule has 1 aromatic rings. The molecule has 1 aliphatic heterocycles. The number of methoxy groups -OCH3 is 2. The Morgan fingerprint density at radius 1 is 1.08 bits per heavy atom. The predicted molar refractivity (Wildman–Crippen MR) is 102 cm³/mol. The van der Waals surface area contributed by atoms with Crippen LogP contribution >= 0.6 is 24.8 Å². The molecule has 0 aliphatic carbocycles. The summed E-state index contributed by atoms with van der Waals surface area (Å²) < 4.78 is 10.8. The van der Waals surface area contributed by atoms with Crippen LogP contribution in [0.1, 0.15) is 32.4 Å². The zero-order chi connectivity index (χ0) is 16.3. The topological polar surface area (TPSA) is 54.0 Å². The van der Waals surface area contributed by atoms with Gasteiger partial charge in [0.2, 0.25) is 0 Å². The number of benzene rings is 1. The first-order chi connectivity index (χ1) is 10.4. The van der Waals surface area contributed by atoms with Gasteiger partial charge < -0.3 is 19.9 Å². The Morgan fingerprint density at radius 3 is 2.12 bits per heavy atom. The van der Waals surface area contributed by atoms with Crippen molar-refractivity contribution < 1.29 is 14.6 Å². The highest BCUT2D eigenvalue weighted by molar-refractivity contribution is 5.85. The van der Waals surface area contributed by atoms with Crippen molar-refractivity contribution in [2.45, 2.75) is 26.8 Å². The van der Waals surface area contributed by atoms with Gasteiger partial charge in [0.15, 0.2) is 0 Å². The SMILES string of the molecule is COc1cc(O)c([C@H](N2CCNCC2)C(C)(C)C)c(OC)c1.Cl.Cl. The van der Waals surface area contributed by atoms with Gasteiger partial charge in [-0.2, -0.15) is 0 Å². The van der Waals surface area contributed by atoms with Crippen LogP contribution in [-0.4, -0.2) is 50.4 Å². The van der Waals surface area contributed by atoms with Gasteiger partial charge in [0.25, 0.3) is 0 Å². The monoisotopic (exact) mass is 380 g/mol. The molecule has 0 unspecified atom stereocenters. The molecule has 1 saturated heterocycles. The summed E-state index contributed by atoms with van der Waals surface area (Å²) in [7, 11) is 3.22. The minimum atomic E-state index is -0.0311. The van der Waals surface area contributed by atoms with Crippen LogP contribution in [-0.2, 0) is 0 Å². The molecule has 1 fully saturated rings. The number of halogens is 2. The van der Waals surface area contributed by atoms with Crippen molar-refractivity contribution in [3.8, 4) is 17.2 Å². The highest BCUT2D eigenvalue weighted by Gasteiger charge is 2.36. The molecule has 2 N–H and O–H groups in total. The van der Waals surface area contributed by atoms with Crippen molar-refractivity contribution in [1.29, 1.82) is 0 Å². The third-order valence-corrected chi connectivity index (χ3v) is 4.16. The summed E-state index contributed by atoms with van der Waals surface area (Å²) in [4.78, 5) is 2.42. The number of phenols is 1. The van der Waals surface area contributed by atoms with E-state index in [1.54, 1.807) is 20.3 Å². The molecular formula is C17H30Cl2N2O3. The van der Waals surface area contributed by atoms with Crippen LogP contribution < -0.4 is 14.8 Å². The normalized spacial score (nSPS) is 16.5. The van der Waals surface area contributed by atoms with E-state index in [-0.39, 0.29) is 42.0 Å². The van der Waals surface area contributed by atoms with Crippen LogP contribution in [0.5, 0.6) is 17.2 Å². The molecule has 24 heavy (non-hydrogen) atoms. The largest absolute Gasteiger partial charge is 0.507 e. The van der Waals surface area contributed by atoms with E-state index in [2.05, 4.69) is 31.0 Å². The first kappa shape index (κ1) is 23.1. The quantitative estimate of drug-likeness (QED) is 0.839. The second-order valence-corrected chi connectivity index (χ2v) is 6.82. The summed E-state index contributed by atoms with van der Waals surface area (Å²) in [6, 6.07) is 3.59. The zero-order valence-corrected chi connectivity index (χ0v) is 16.7. The molecular weight excluding hydrogens is 351 g/mol. The molecule has 1 heterocycles. The maximum atomic E-state index is 10.6. The Morgan fingerprint density at radius 2 is 1.67 bits per heavy atom. The molecule has 0 saturated carbocycles. The Kier molecular flexibility index (Phi) is 9.21. The molecule has 0 bridgehead atoms. The molecule has 0 aromatic heterocycles. The van der Waals surface area contributed by atoms with Gasteiger partial charge in [0.1, 0.15) is 17.2 Å². The van der Waals surface area contributed by atoms with Crippen molar-refractivity contribution in [2.24, 2.45) is 5.41 Å². The van der Waals surface area contributed by atoms with Gasteiger partial charge in [-0.05, 0) is 5.41 Å². The maximum absolute atomic E-state index is 10.6. The summed E-state index contributed by atoms with van der Waals surface area (Å²) in [5.74, 6) is 1.51. The summed E-state index contributed by atoms with van der Waals surface area (Å²) in [6.07, 6.45) is 0. The lowest BCUT2D eigenvalue weighted by molar-refractivity contribution is 0.0820. The molecule has 1 aliphatic rings. The predicted octanol–water partition coefficient (Wildman–Crippen LogP) is 3.25. The Bertz CT molecular complexity index is 515. The number of aromatic hydroxyl groups is 1. The molecule has 2 rings (SSSR count). The number of ether oxygens (including phenoxy) is 2. The van der Waals surface area contributed by atoms with E-state index in [0.29, 0.717) is 11.5 Å². The van der Waals surface area contributed by atoms with E-state index in [9.17, 15) is 5.11 Å². The van der Waals surface area contributed by atoms with Gasteiger partial charge in [0, 0.05) is 44.4 Å². The molecule has 0 amide bonds. The van der Waals surface area contributed by atoms with Gasteiger partial charge in [-0.25, -0.2) is 0 Å². The van der Waals surface area contributed by atoms with Gasteiger partial charge in [-0.3, -0.25) is 4.90 Å². The molecule has 1 aromatic carbocycles. The fraction of sp³-hybridized carbons (Fsp3) is 0.647. The summed E-state index contributed by atoms with van der Waals surface area (Å²) in [5.41, 5.74) is 0.814. The third-order valence-electron chi connectivity index (χ3n) is 4.16. The number of rotatable bonds is 4. The highest BCUT2D eigenvalue weighted by atomic mass is 35.5. The van der Waals surface area contributed by atoms with Crippen molar-refractivity contribution in [3.63, 3.8) is 0 Å². The van der Waals surface area contributed by atoms with Gasteiger partial charge in [0.05, 0.1) is 19.8 Å². The van der Waals surface area contributed by atoms with Crippen molar-refractivity contribution in [3.05, 3.63) is 17.7 Å². The average Bonchev–Trinajstić information content (AvgIpc) is 2.48. The molecule has 0 radical (unpaired) electrons. The van der Waals surface area contributed by atoms with Crippen molar-refractivity contribution in [1.82, 2.24) is 10.2 Å². The van der Waals surface area contributed by atoms with E-state index >= 15 is 0 Å². The van der Waals surface area contributed by atoms with E-state index < -0.39 is 0 Å². The summed E-state index contributed by atoms with van der Waals surface area (Å²) in [6.45, 7) is 10.4. The third kappa shape index (κ3) is 5.06. The van der Waals surface area contributed by atoms with Crippen molar-refractivity contribution in [2.75, 3.05) is 40.4 Å². The minimum absolute atomic E-state index is 0. The Hall–Kier alpha value is -0.880. The summed E-state index contributed by atoms with van der Waals surface area (Å²) in [5, 5.41) is 14.0. The molecule has 1 atom stereocenters. The number of hydrogen-bond donors (Lipinski definition) is 2. The first-order valence-corrected chi connectivity index (χ1v) is 7.78. The number of nitrogens with one attached hydrogen (secondary N) is 1. The highest BCUT2D eigenvalue weighted by Crippen LogP contribution is 2.47. The minimum Gasteiger partial charge on any atom is -0.507 e. The zero-order valence-electron chi connectivity index (χ0n) is 15.1. The van der Waals surface area contributed by atoms with E-state index in [0.717, 1.165) is 31.7 Å². The lowest BCUT2D eigenvalue weighted by atomic mass is 9.80.